The zero-order valence-electron chi connectivity index (χ0n) is 14.0. The number of thiophene rings is 1. The van der Waals surface area contributed by atoms with Gasteiger partial charge >= 0.3 is 0 Å². The largest absolute Gasteiger partial charge is 0.341 e. The van der Waals surface area contributed by atoms with Crippen LogP contribution in [0.5, 0.6) is 0 Å². The maximum Gasteiger partial charge on any atom is 0.230 e. The van der Waals surface area contributed by atoms with E-state index in [1.165, 1.54) is 16.0 Å². The van der Waals surface area contributed by atoms with Gasteiger partial charge in [-0.15, -0.1) is 11.3 Å². The summed E-state index contributed by atoms with van der Waals surface area (Å²) in [4.78, 5) is 19.1. The summed E-state index contributed by atoms with van der Waals surface area (Å²) in [5.74, 6) is 0.433. The first-order valence-electron chi connectivity index (χ1n) is 8.92. The Bertz CT molecular complexity index is 697. The molecule has 1 aromatic carbocycles. The Morgan fingerprint density at radius 2 is 2.00 bits per heavy atom. The highest BCUT2D eigenvalue weighted by Crippen LogP contribution is 2.34. The molecule has 0 unspecified atom stereocenters. The average Bonchev–Trinajstić information content (AvgIpc) is 3.20. The standard InChI is InChI=1S/C20H24N2OS/c23-20(19-9-8-16-5-1-2-7-18(16)19)22-11-4-10-21(12-13-22)15-17-6-3-14-24-17/h1-3,5-7,14,19H,4,8-13,15H2/t19-/m1/s1. The van der Waals surface area contributed by atoms with E-state index in [0.29, 0.717) is 5.91 Å². The van der Waals surface area contributed by atoms with E-state index in [1.807, 2.05) is 11.3 Å². The van der Waals surface area contributed by atoms with Gasteiger partial charge in [0.15, 0.2) is 0 Å². The summed E-state index contributed by atoms with van der Waals surface area (Å²) in [5, 5.41) is 2.14. The number of hydrogen-bond donors (Lipinski definition) is 0. The molecule has 126 valence electrons. The molecule has 0 radical (unpaired) electrons. The van der Waals surface area contributed by atoms with Gasteiger partial charge < -0.3 is 4.90 Å². The monoisotopic (exact) mass is 340 g/mol. The van der Waals surface area contributed by atoms with Gasteiger partial charge in [0, 0.05) is 37.6 Å². The van der Waals surface area contributed by atoms with Gasteiger partial charge in [-0.1, -0.05) is 30.3 Å². The summed E-state index contributed by atoms with van der Waals surface area (Å²) in [6.07, 6.45) is 3.10. The number of hydrogen-bond acceptors (Lipinski definition) is 3. The van der Waals surface area contributed by atoms with E-state index in [4.69, 9.17) is 0 Å². The Labute approximate surface area is 147 Å². The maximum absolute atomic E-state index is 13.0. The molecular weight excluding hydrogens is 316 g/mol. The fourth-order valence-electron chi connectivity index (χ4n) is 4.01. The number of carbonyl (C=O) groups is 1. The van der Waals surface area contributed by atoms with E-state index in [-0.39, 0.29) is 5.92 Å². The number of carbonyl (C=O) groups excluding carboxylic acids is 1. The van der Waals surface area contributed by atoms with Crippen molar-refractivity contribution in [2.45, 2.75) is 31.7 Å². The van der Waals surface area contributed by atoms with Crippen LogP contribution >= 0.6 is 11.3 Å². The van der Waals surface area contributed by atoms with Crippen LogP contribution in [0.25, 0.3) is 0 Å². The molecule has 1 saturated heterocycles. The molecule has 2 aromatic rings. The van der Waals surface area contributed by atoms with E-state index in [2.05, 4.69) is 51.6 Å². The summed E-state index contributed by atoms with van der Waals surface area (Å²) in [6, 6.07) is 12.8. The highest BCUT2D eigenvalue weighted by molar-refractivity contribution is 7.09. The van der Waals surface area contributed by atoms with E-state index in [9.17, 15) is 4.79 Å². The molecule has 4 heteroatoms. The quantitative estimate of drug-likeness (QED) is 0.854. The normalized spacial score (nSPS) is 21.5. The molecule has 1 aliphatic carbocycles. The van der Waals surface area contributed by atoms with Crippen LogP contribution in [0.1, 0.15) is 34.8 Å². The van der Waals surface area contributed by atoms with Crippen LogP contribution in [-0.4, -0.2) is 41.9 Å². The van der Waals surface area contributed by atoms with Crippen molar-refractivity contribution in [3.8, 4) is 0 Å². The van der Waals surface area contributed by atoms with Crippen molar-refractivity contribution in [1.82, 2.24) is 9.80 Å². The third-order valence-electron chi connectivity index (χ3n) is 5.29. The molecule has 0 N–H and O–H groups in total. The van der Waals surface area contributed by atoms with Crippen LogP contribution in [0, 0.1) is 0 Å². The van der Waals surface area contributed by atoms with Crippen LogP contribution in [0.4, 0.5) is 0 Å². The van der Waals surface area contributed by atoms with Gasteiger partial charge in [-0.25, -0.2) is 0 Å². The van der Waals surface area contributed by atoms with Gasteiger partial charge in [-0.05, 0) is 41.8 Å². The fourth-order valence-corrected chi connectivity index (χ4v) is 4.75. The average molecular weight is 340 g/mol. The number of benzene rings is 1. The zero-order chi connectivity index (χ0) is 16.4. The lowest BCUT2D eigenvalue weighted by Gasteiger charge is -2.25. The maximum atomic E-state index is 13.0. The Kier molecular flexibility index (Phi) is 4.67. The second kappa shape index (κ2) is 7.08. The Morgan fingerprint density at radius 1 is 1.08 bits per heavy atom. The molecule has 2 heterocycles. The predicted octanol–water partition coefficient (Wildman–Crippen LogP) is 3.51. The van der Waals surface area contributed by atoms with E-state index < -0.39 is 0 Å². The van der Waals surface area contributed by atoms with Crippen LogP contribution < -0.4 is 0 Å². The molecule has 1 amide bonds. The molecular formula is C20H24N2OS. The van der Waals surface area contributed by atoms with Crippen molar-refractivity contribution in [3.05, 3.63) is 57.8 Å². The number of nitrogens with zero attached hydrogens (tertiary/aromatic N) is 2. The minimum Gasteiger partial charge on any atom is -0.341 e. The third kappa shape index (κ3) is 3.26. The Balaban J connectivity index is 1.39. The zero-order valence-corrected chi connectivity index (χ0v) is 14.8. The van der Waals surface area contributed by atoms with Gasteiger partial charge in [0.25, 0.3) is 0 Å². The molecule has 0 spiro atoms. The number of aryl methyl sites for hydroxylation is 1. The number of rotatable bonds is 3. The molecule has 0 bridgehead atoms. The van der Waals surface area contributed by atoms with Gasteiger partial charge in [0.05, 0.1) is 5.92 Å². The van der Waals surface area contributed by atoms with Crippen LogP contribution in [0.2, 0.25) is 0 Å². The molecule has 1 aromatic heterocycles. The van der Waals surface area contributed by atoms with Crippen molar-refractivity contribution in [2.24, 2.45) is 0 Å². The third-order valence-corrected chi connectivity index (χ3v) is 6.15. The van der Waals surface area contributed by atoms with Gasteiger partial charge in [-0.3, -0.25) is 9.69 Å². The Morgan fingerprint density at radius 3 is 2.88 bits per heavy atom. The first-order valence-corrected chi connectivity index (χ1v) is 9.80. The molecule has 24 heavy (non-hydrogen) atoms. The van der Waals surface area contributed by atoms with E-state index >= 15 is 0 Å². The molecule has 4 rings (SSSR count). The lowest BCUT2D eigenvalue weighted by atomic mass is 10.00. The topological polar surface area (TPSA) is 23.6 Å². The summed E-state index contributed by atoms with van der Waals surface area (Å²) < 4.78 is 0. The Hall–Kier alpha value is -1.65. The molecule has 1 fully saturated rings. The van der Waals surface area contributed by atoms with Crippen molar-refractivity contribution in [3.63, 3.8) is 0 Å². The smallest absolute Gasteiger partial charge is 0.230 e. The van der Waals surface area contributed by atoms with Crippen LogP contribution in [0.15, 0.2) is 41.8 Å². The fraction of sp³-hybridized carbons (Fsp3) is 0.450. The van der Waals surface area contributed by atoms with Crippen molar-refractivity contribution in [2.75, 3.05) is 26.2 Å². The SMILES string of the molecule is O=C([C@@H]1CCc2ccccc21)N1CCCN(Cc2cccs2)CC1. The molecule has 1 atom stereocenters. The van der Waals surface area contributed by atoms with Gasteiger partial charge in [-0.2, -0.15) is 0 Å². The molecule has 1 aliphatic heterocycles. The minimum atomic E-state index is 0.0880. The predicted molar refractivity (Wildman–Crippen MR) is 98.3 cm³/mol. The van der Waals surface area contributed by atoms with Crippen LogP contribution in [-0.2, 0) is 17.8 Å². The van der Waals surface area contributed by atoms with Crippen LogP contribution in [0.3, 0.4) is 0 Å². The van der Waals surface area contributed by atoms with E-state index in [1.54, 1.807) is 0 Å². The second-order valence-corrected chi connectivity index (χ2v) is 7.86. The first-order chi connectivity index (χ1) is 11.8. The van der Waals surface area contributed by atoms with Crippen molar-refractivity contribution >= 4 is 17.2 Å². The number of amides is 1. The molecule has 2 aliphatic rings. The summed E-state index contributed by atoms with van der Waals surface area (Å²) in [5.41, 5.74) is 2.63. The highest BCUT2D eigenvalue weighted by Gasteiger charge is 2.32. The molecule has 0 saturated carbocycles. The van der Waals surface area contributed by atoms with Crippen molar-refractivity contribution in [1.29, 1.82) is 0 Å². The first kappa shape index (κ1) is 15.9. The second-order valence-electron chi connectivity index (χ2n) is 6.82. The van der Waals surface area contributed by atoms with Crippen molar-refractivity contribution < 1.29 is 4.79 Å². The minimum absolute atomic E-state index is 0.0880. The lowest BCUT2D eigenvalue weighted by molar-refractivity contribution is -0.132. The van der Waals surface area contributed by atoms with Gasteiger partial charge in [0.1, 0.15) is 0 Å². The number of fused-ring (bicyclic) bond motifs is 1. The lowest BCUT2D eigenvalue weighted by Crippen LogP contribution is -2.37. The van der Waals surface area contributed by atoms with E-state index in [0.717, 1.165) is 52.0 Å². The van der Waals surface area contributed by atoms with Gasteiger partial charge in [0.2, 0.25) is 5.91 Å². The molecule has 3 nitrogen and oxygen atoms in total. The highest BCUT2D eigenvalue weighted by atomic mass is 32.1. The summed E-state index contributed by atoms with van der Waals surface area (Å²) in [7, 11) is 0. The summed E-state index contributed by atoms with van der Waals surface area (Å²) in [6.45, 7) is 4.86. The summed E-state index contributed by atoms with van der Waals surface area (Å²) >= 11 is 1.82.